The number of nitro groups is 1. The molecule has 2 saturated heterocycles. The molecule has 0 radical (unpaired) electrons. The van der Waals surface area contributed by atoms with Crippen molar-refractivity contribution in [2.24, 2.45) is 0 Å². The molecule has 1 aromatic heterocycles. The topological polar surface area (TPSA) is 124 Å². The summed E-state index contributed by atoms with van der Waals surface area (Å²) in [5, 5.41) is 11.7. The van der Waals surface area contributed by atoms with E-state index >= 15 is 0 Å². The average Bonchev–Trinajstić information content (AvgIpc) is 3.16. The van der Waals surface area contributed by atoms with E-state index in [9.17, 15) is 10.1 Å². The zero-order chi connectivity index (χ0) is 21.4. The Hall–Kier alpha value is -1.73. The second-order valence-electron chi connectivity index (χ2n) is 7.45. The van der Waals surface area contributed by atoms with Crippen LogP contribution in [-0.4, -0.2) is 71.4 Å². The minimum absolute atomic E-state index is 0.0234. The Morgan fingerprint density at radius 3 is 2.41 bits per heavy atom. The first-order chi connectivity index (χ1) is 13.5. The Morgan fingerprint density at radius 1 is 1.14 bits per heavy atom. The van der Waals surface area contributed by atoms with Gasteiger partial charge >= 0.3 is 17.6 Å². The molecule has 3 rings (SSSR count). The maximum absolute atomic E-state index is 11.5. The standard InChI is InChI=1S/C17H25N3O8S/c1-16(2)25-7-9(26-16)12-10(27-17(3,4)28-12)8-29-14-11(20(21)22)13(23-5)18-15(19-14)24-6/h9-10,12H,7-8H2,1-6H3/t9-,10+,12-/m1/s1. The van der Waals surface area contributed by atoms with Gasteiger partial charge in [0.1, 0.15) is 12.2 Å². The van der Waals surface area contributed by atoms with Gasteiger partial charge in [-0.3, -0.25) is 10.1 Å². The lowest BCUT2D eigenvalue weighted by molar-refractivity contribution is -0.389. The molecule has 0 N–H and O–H groups in total. The molecule has 3 heterocycles. The largest absolute Gasteiger partial charge is 0.476 e. The third-order valence-electron chi connectivity index (χ3n) is 4.36. The van der Waals surface area contributed by atoms with Gasteiger partial charge in [0.15, 0.2) is 16.6 Å². The number of hydrogen-bond acceptors (Lipinski definition) is 11. The Labute approximate surface area is 172 Å². The van der Waals surface area contributed by atoms with Crippen molar-refractivity contribution in [3.8, 4) is 11.9 Å². The van der Waals surface area contributed by atoms with E-state index in [2.05, 4.69) is 9.97 Å². The number of aromatic nitrogens is 2. The molecule has 1 aromatic rings. The van der Waals surface area contributed by atoms with Crippen molar-refractivity contribution in [3.63, 3.8) is 0 Å². The molecular weight excluding hydrogens is 406 g/mol. The predicted molar refractivity (Wildman–Crippen MR) is 101 cm³/mol. The molecule has 0 unspecified atom stereocenters. The van der Waals surface area contributed by atoms with E-state index in [1.165, 1.54) is 14.2 Å². The van der Waals surface area contributed by atoms with Crippen molar-refractivity contribution < 1.29 is 33.3 Å². The predicted octanol–water partition coefficient (Wildman–Crippen LogP) is 2.17. The first-order valence-electron chi connectivity index (χ1n) is 9.00. The maximum atomic E-state index is 11.5. The highest BCUT2D eigenvalue weighted by Crippen LogP contribution is 2.40. The zero-order valence-corrected chi connectivity index (χ0v) is 18.0. The summed E-state index contributed by atoms with van der Waals surface area (Å²) < 4.78 is 33.7. The van der Waals surface area contributed by atoms with E-state index in [-0.39, 0.29) is 28.7 Å². The normalized spacial score (nSPS) is 27.7. The molecule has 0 amide bonds. The molecule has 12 heteroatoms. The van der Waals surface area contributed by atoms with Crippen LogP contribution in [-0.2, 0) is 18.9 Å². The summed E-state index contributed by atoms with van der Waals surface area (Å²) >= 11 is 1.14. The Kier molecular flexibility index (Phi) is 6.20. The Morgan fingerprint density at radius 2 is 1.86 bits per heavy atom. The molecule has 3 atom stereocenters. The van der Waals surface area contributed by atoms with Gasteiger partial charge in [-0.15, -0.1) is 0 Å². The van der Waals surface area contributed by atoms with Crippen LogP contribution in [0.2, 0.25) is 0 Å². The summed E-state index contributed by atoms with van der Waals surface area (Å²) in [6.45, 7) is 7.66. The molecule has 2 aliphatic rings. The van der Waals surface area contributed by atoms with E-state index in [4.69, 9.17) is 28.4 Å². The maximum Gasteiger partial charge on any atom is 0.363 e. The van der Waals surface area contributed by atoms with Crippen LogP contribution in [0.4, 0.5) is 5.69 Å². The summed E-state index contributed by atoms with van der Waals surface area (Å²) in [6, 6.07) is -0.0234. The van der Waals surface area contributed by atoms with Crippen molar-refractivity contribution in [1.82, 2.24) is 9.97 Å². The molecule has 0 aromatic carbocycles. The lowest BCUT2D eigenvalue weighted by atomic mass is 10.1. The molecule has 11 nitrogen and oxygen atoms in total. The van der Waals surface area contributed by atoms with Crippen LogP contribution in [0.5, 0.6) is 11.9 Å². The van der Waals surface area contributed by atoms with Gasteiger partial charge in [-0.05, 0) is 27.7 Å². The van der Waals surface area contributed by atoms with Crippen molar-refractivity contribution >= 4 is 17.4 Å². The molecule has 162 valence electrons. The van der Waals surface area contributed by atoms with Gasteiger partial charge < -0.3 is 28.4 Å². The van der Waals surface area contributed by atoms with E-state index < -0.39 is 28.7 Å². The number of thioether (sulfide) groups is 1. The molecule has 29 heavy (non-hydrogen) atoms. The summed E-state index contributed by atoms with van der Waals surface area (Å²) in [5.74, 6) is -1.36. The lowest BCUT2D eigenvalue weighted by Gasteiger charge is -2.23. The second kappa shape index (κ2) is 8.19. The zero-order valence-electron chi connectivity index (χ0n) is 17.2. The van der Waals surface area contributed by atoms with Crippen molar-refractivity contribution in [1.29, 1.82) is 0 Å². The molecule has 0 bridgehead atoms. The van der Waals surface area contributed by atoms with Crippen LogP contribution in [0, 0.1) is 10.1 Å². The molecule has 2 aliphatic heterocycles. The van der Waals surface area contributed by atoms with Gasteiger partial charge in [-0.2, -0.15) is 9.97 Å². The summed E-state index contributed by atoms with van der Waals surface area (Å²) in [6.07, 6.45) is -1.12. The number of ether oxygens (including phenoxy) is 6. The van der Waals surface area contributed by atoms with Gasteiger partial charge in [-0.25, -0.2) is 0 Å². The lowest BCUT2D eigenvalue weighted by Crippen LogP contribution is -2.39. The summed E-state index contributed by atoms with van der Waals surface area (Å²) in [5.41, 5.74) is -0.324. The quantitative estimate of drug-likeness (QED) is 0.273. The van der Waals surface area contributed by atoms with Crippen LogP contribution in [0.3, 0.4) is 0 Å². The van der Waals surface area contributed by atoms with Crippen molar-refractivity contribution in [2.45, 2.75) is 62.6 Å². The Balaban J connectivity index is 1.81. The van der Waals surface area contributed by atoms with Gasteiger partial charge in [-0.1, -0.05) is 11.8 Å². The Bertz CT molecular complexity index is 775. The highest BCUT2D eigenvalue weighted by molar-refractivity contribution is 7.99. The first-order valence-corrected chi connectivity index (χ1v) is 9.98. The van der Waals surface area contributed by atoms with Crippen LogP contribution >= 0.6 is 11.8 Å². The fourth-order valence-electron chi connectivity index (χ4n) is 3.23. The van der Waals surface area contributed by atoms with Crippen molar-refractivity contribution in [2.75, 3.05) is 26.6 Å². The van der Waals surface area contributed by atoms with Crippen LogP contribution < -0.4 is 9.47 Å². The first kappa shape index (κ1) is 22.0. The molecule has 0 spiro atoms. The number of rotatable bonds is 7. The second-order valence-corrected chi connectivity index (χ2v) is 8.46. The van der Waals surface area contributed by atoms with E-state index in [1.54, 1.807) is 0 Å². The third kappa shape index (κ3) is 4.89. The van der Waals surface area contributed by atoms with Gasteiger partial charge in [0.2, 0.25) is 0 Å². The van der Waals surface area contributed by atoms with Crippen LogP contribution in [0.25, 0.3) is 0 Å². The third-order valence-corrected chi connectivity index (χ3v) is 5.41. The monoisotopic (exact) mass is 431 g/mol. The molecule has 2 fully saturated rings. The van der Waals surface area contributed by atoms with Gasteiger partial charge in [0.05, 0.1) is 31.9 Å². The smallest absolute Gasteiger partial charge is 0.363 e. The van der Waals surface area contributed by atoms with Crippen molar-refractivity contribution in [3.05, 3.63) is 10.1 Å². The minimum Gasteiger partial charge on any atom is -0.476 e. The number of methoxy groups -OCH3 is 2. The minimum atomic E-state index is -0.820. The van der Waals surface area contributed by atoms with Crippen LogP contribution in [0.1, 0.15) is 27.7 Å². The fraction of sp³-hybridized carbons (Fsp3) is 0.765. The average molecular weight is 431 g/mol. The highest BCUT2D eigenvalue weighted by atomic mass is 32.2. The van der Waals surface area contributed by atoms with E-state index in [0.29, 0.717) is 12.4 Å². The molecule has 0 saturated carbocycles. The number of hydrogen-bond donors (Lipinski definition) is 0. The van der Waals surface area contributed by atoms with E-state index in [1.807, 2.05) is 27.7 Å². The van der Waals surface area contributed by atoms with E-state index in [0.717, 1.165) is 11.8 Å². The molecular formula is C17H25N3O8S. The summed E-state index contributed by atoms with van der Waals surface area (Å²) in [4.78, 5) is 19.0. The molecule has 0 aliphatic carbocycles. The highest BCUT2D eigenvalue weighted by Gasteiger charge is 2.49. The SMILES string of the molecule is COc1nc(OC)c([N+](=O)[O-])c(SC[C@@H]2OC(C)(C)O[C@@H]2[C@H]2COC(C)(C)O2)n1. The van der Waals surface area contributed by atoms with Gasteiger partial charge in [0, 0.05) is 5.75 Å². The fourth-order valence-corrected chi connectivity index (χ4v) is 4.25. The summed E-state index contributed by atoms with van der Waals surface area (Å²) in [7, 11) is 2.68. The van der Waals surface area contributed by atoms with Crippen LogP contribution in [0.15, 0.2) is 5.03 Å². The van der Waals surface area contributed by atoms with Gasteiger partial charge in [0.25, 0.3) is 0 Å². The number of nitrogens with zero attached hydrogens (tertiary/aromatic N) is 3.